The molecule has 3 rings (SSSR count). The number of hydrogen-bond acceptors (Lipinski definition) is 3. The standard InChI is InChI=1S/C23H25BrNO3/c1-25(2,15-22(27)18-10-12-19(24)13-11-18)14-20(26)16-28-23-9-5-7-17-6-3-4-8-21(17)23/h3-13,20,26H,14-16H2,1-2H3/q+1. The van der Waals surface area contributed by atoms with Gasteiger partial charge in [0.05, 0.1) is 14.1 Å². The molecule has 1 atom stereocenters. The summed E-state index contributed by atoms with van der Waals surface area (Å²) >= 11 is 3.38. The summed E-state index contributed by atoms with van der Waals surface area (Å²) in [5, 5.41) is 12.6. The van der Waals surface area contributed by atoms with Crippen LogP contribution in [0.2, 0.25) is 0 Å². The number of Topliss-reactive ketones (excluding diaryl/α,β-unsaturated/α-hetero) is 1. The molecule has 0 spiro atoms. The van der Waals surface area contributed by atoms with Crippen molar-refractivity contribution in [2.75, 3.05) is 33.8 Å². The number of fused-ring (bicyclic) bond motifs is 1. The lowest BCUT2D eigenvalue weighted by Gasteiger charge is -2.31. The minimum Gasteiger partial charge on any atom is -0.490 e. The van der Waals surface area contributed by atoms with E-state index in [1.54, 1.807) is 0 Å². The molecule has 0 aromatic heterocycles. The predicted molar refractivity (Wildman–Crippen MR) is 116 cm³/mol. The molecule has 3 aromatic rings. The van der Waals surface area contributed by atoms with Gasteiger partial charge in [-0.15, -0.1) is 0 Å². The molecule has 4 nitrogen and oxygen atoms in total. The number of quaternary nitrogens is 1. The number of carbonyl (C=O) groups excluding carboxylic acids is 1. The van der Waals surface area contributed by atoms with Crippen LogP contribution in [0, 0.1) is 0 Å². The number of ether oxygens (including phenoxy) is 1. The van der Waals surface area contributed by atoms with Gasteiger partial charge < -0.3 is 14.3 Å². The first-order valence-corrected chi connectivity index (χ1v) is 10.0. The minimum absolute atomic E-state index is 0.0553. The van der Waals surface area contributed by atoms with Crippen LogP contribution in [0.5, 0.6) is 5.75 Å². The largest absolute Gasteiger partial charge is 0.490 e. The number of benzene rings is 3. The number of rotatable bonds is 8. The summed E-state index contributed by atoms with van der Waals surface area (Å²) in [5.74, 6) is 0.813. The number of aliphatic hydroxyl groups is 1. The first kappa shape index (κ1) is 20.5. The highest BCUT2D eigenvalue weighted by molar-refractivity contribution is 9.10. The van der Waals surface area contributed by atoms with Crippen LogP contribution in [0.3, 0.4) is 0 Å². The van der Waals surface area contributed by atoms with Crippen molar-refractivity contribution in [1.82, 2.24) is 0 Å². The molecule has 0 saturated carbocycles. The van der Waals surface area contributed by atoms with E-state index >= 15 is 0 Å². The van der Waals surface area contributed by atoms with Crippen LogP contribution < -0.4 is 4.74 Å². The van der Waals surface area contributed by atoms with Crippen LogP contribution in [0.1, 0.15) is 10.4 Å². The fourth-order valence-corrected chi connectivity index (χ4v) is 3.58. The molecule has 5 heteroatoms. The van der Waals surface area contributed by atoms with E-state index in [1.165, 1.54) is 0 Å². The number of likely N-dealkylation sites (N-methyl/N-ethyl adjacent to an activating group) is 1. The maximum absolute atomic E-state index is 12.5. The van der Waals surface area contributed by atoms with E-state index in [0.717, 1.165) is 21.0 Å². The van der Waals surface area contributed by atoms with E-state index in [2.05, 4.69) is 15.9 Å². The molecule has 3 aromatic carbocycles. The molecule has 0 saturated heterocycles. The molecule has 0 aliphatic rings. The first-order chi connectivity index (χ1) is 13.3. The zero-order valence-electron chi connectivity index (χ0n) is 16.1. The Hall–Kier alpha value is -2.21. The summed E-state index contributed by atoms with van der Waals surface area (Å²) in [4.78, 5) is 12.5. The molecule has 0 radical (unpaired) electrons. The SMILES string of the molecule is C[N+](C)(CC(=O)c1ccc(Br)cc1)CC(O)COc1cccc2ccccc12. The molecule has 0 amide bonds. The van der Waals surface area contributed by atoms with Crippen molar-refractivity contribution in [1.29, 1.82) is 0 Å². The van der Waals surface area contributed by atoms with E-state index in [4.69, 9.17) is 4.74 Å². The van der Waals surface area contributed by atoms with E-state index in [1.807, 2.05) is 80.8 Å². The summed E-state index contributed by atoms with van der Waals surface area (Å²) in [5.41, 5.74) is 0.677. The second kappa shape index (κ2) is 8.86. The minimum atomic E-state index is -0.674. The maximum Gasteiger partial charge on any atom is 0.216 e. The third-order valence-electron chi connectivity index (χ3n) is 4.62. The number of carbonyl (C=O) groups is 1. The predicted octanol–water partition coefficient (Wildman–Crippen LogP) is 4.30. The van der Waals surface area contributed by atoms with Gasteiger partial charge in [0.1, 0.15) is 31.5 Å². The number of ketones is 1. The van der Waals surface area contributed by atoms with Crippen LogP contribution >= 0.6 is 15.9 Å². The van der Waals surface area contributed by atoms with Gasteiger partial charge in [-0.2, -0.15) is 0 Å². The number of halogens is 1. The van der Waals surface area contributed by atoms with Gasteiger partial charge in [-0.25, -0.2) is 0 Å². The van der Waals surface area contributed by atoms with Crippen LogP contribution in [0.15, 0.2) is 71.2 Å². The summed E-state index contributed by atoms with van der Waals surface area (Å²) in [7, 11) is 3.88. The van der Waals surface area contributed by atoms with Crippen molar-refractivity contribution in [2.45, 2.75) is 6.10 Å². The molecule has 1 unspecified atom stereocenters. The van der Waals surface area contributed by atoms with Crippen molar-refractivity contribution < 1.29 is 19.1 Å². The van der Waals surface area contributed by atoms with Gasteiger partial charge in [0, 0.05) is 15.4 Å². The van der Waals surface area contributed by atoms with Crippen molar-refractivity contribution in [3.63, 3.8) is 0 Å². The quantitative estimate of drug-likeness (QED) is 0.417. The Balaban J connectivity index is 1.57. The average Bonchev–Trinajstić information content (AvgIpc) is 2.66. The lowest BCUT2D eigenvalue weighted by molar-refractivity contribution is -0.885. The molecule has 0 aliphatic carbocycles. The van der Waals surface area contributed by atoms with E-state index in [0.29, 0.717) is 23.1 Å². The van der Waals surface area contributed by atoms with Crippen LogP contribution in [0.4, 0.5) is 0 Å². The van der Waals surface area contributed by atoms with Gasteiger partial charge in [0.25, 0.3) is 0 Å². The molecule has 28 heavy (non-hydrogen) atoms. The highest BCUT2D eigenvalue weighted by Gasteiger charge is 2.25. The van der Waals surface area contributed by atoms with Gasteiger partial charge in [0.15, 0.2) is 0 Å². The fourth-order valence-electron chi connectivity index (χ4n) is 3.31. The second-order valence-corrected chi connectivity index (χ2v) is 8.56. The molecular weight excluding hydrogens is 418 g/mol. The Bertz CT molecular complexity index is 948. The Morgan fingerprint density at radius 1 is 1.04 bits per heavy atom. The smallest absolute Gasteiger partial charge is 0.216 e. The highest BCUT2D eigenvalue weighted by atomic mass is 79.9. The van der Waals surface area contributed by atoms with E-state index in [9.17, 15) is 9.90 Å². The topological polar surface area (TPSA) is 46.5 Å². The number of aliphatic hydroxyl groups excluding tert-OH is 1. The van der Waals surface area contributed by atoms with Crippen molar-refractivity contribution in [3.05, 3.63) is 76.8 Å². The Morgan fingerprint density at radius 3 is 2.46 bits per heavy atom. The summed E-state index contributed by atoms with van der Waals surface area (Å²) in [6, 6.07) is 21.2. The van der Waals surface area contributed by atoms with Gasteiger partial charge in [-0.05, 0) is 23.6 Å². The Morgan fingerprint density at radius 2 is 1.71 bits per heavy atom. The normalized spacial score (nSPS) is 12.7. The monoisotopic (exact) mass is 442 g/mol. The summed E-state index contributed by atoms with van der Waals surface area (Å²) < 4.78 is 7.21. The van der Waals surface area contributed by atoms with Gasteiger partial charge in [0.2, 0.25) is 5.78 Å². The van der Waals surface area contributed by atoms with E-state index in [-0.39, 0.29) is 12.4 Å². The van der Waals surface area contributed by atoms with Gasteiger partial charge >= 0.3 is 0 Å². The van der Waals surface area contributed by atoms with Crippen LogP contribution in [0.25, 0.3) is 10.8 Å². The first-order valence-electron chi connectivity index (χ1n) is 9.23. The second-order valence-electron chi connectivity index (χ2n) is 7.65. The van der Waals surface area contributed by atoms with Crippen LogP contribution in [-0.4, -0.2) is 55.3 Å². The lowest BCUT2D eigenvalue weighted by atomic mass is 10.1. The van der Waals surface area contributed by atoms with E-state index < -0.39 is 6.10 Å². The van der Waals surface area contributed by atoms with Crippen molar-refractivity contribution in [2.24, 2.45) is 0 Å². The molecule has 1 N–H and O–H groups in total. The van der Waals surface area contributed by atoms with Crippen LogP contribution in [-0.2, 0) is 0 Å². The van der Waals surface area contributed by atoms with Crippen molar-refractivity contribution in [3.8, 4) is 5.75 Å². The maximum atomic E-state index is 12.5. The molecule has 0 fully saturated rings. The van der Waals surface area contributed by atoms with Gasteiger partial charge in [-0.1, -0.05) is 64.5 Å². The number of nitrogens with zero attached hydrogens (tertiary/aromatic N) is 1. The van der Waals surface area contributed by atoms with Gasteiger partial charge in [-0.3, -0.25) is 4.79 Å². The summed E-state index contributed by atoms with van der Waals surface area (Å²) in [6.07, 6.45) is -0.674. The molecule has 146 valence electrons. The fraction of sp³-hybridized carbons (Fsp3) is 0.261. The summed E-state index contributed by atoms with van der Waals surface area (Å²) in [6.45, 7) is 0.919. The zero-order chi connectivity index (χ0) is 20.1. The highest BCUT2D eigenvalue weighted by Crippen LogP contribution is 2.25. The average molecular weight is 443 g/mol. The van der Waals surface area contributed by atoms with Crippen molar-refractivity contribution >= 4 is 32.5 Å². The number of hydrogen-bond donors (Lipinski definition) is 1. The third kappa shape index (κ3) is 5.41. The Labute approximate surface area is 174 Å². The molecule has 0 aliphatic heterocycles. The lowest BCUT2D eigenvalue weighted by Crippen LogP contribution is -2.49. The molecular formula is C23H25BrNO3+. The third-order valence-corrected chi connectivity index (χ3v) is 5.15. The molecule has 0 heterocycles. The zero-order valence-corrected chi connectivity index (χ0v) is 17.7. The molecule has 0 bridgehead atoms. The Kier molecular flexibility index (Phi) is 6.50.